The van der Waals surface area contributed by atoms with Crippen LogP contribution in [0.5, 0.6) is 5.75 Å². The average Bonchev–Trinajstić information content (AvgIpc) is 3.41. The third-order valence-corrected chi connectivity index (χ3v) is 4.86. The van der Waals surface area contributed by atoms with E-state index in [0.717, 1.165) is 17.7 Å². The Bertz CT molecular complexity index is 716. The number of carbonyl (C=O) groups excluding carboxylic acids is 3. The first-order chi connectivity index (χ1) is 11.9. The molecule has 7 nitrogen and oxygen atoms in total. The Labute approximate surface area is 146 Å². The number of nitrogens with zero attached hydrogens (tertiary/aromatic N) is 2. The van der Waals surface area contributed by atoms with Gasteiger partial charge in [0, 0.05) is 18.2 Å². The molecular formula is C18H23N3O4. The number of nitrogens with one attached hydrogen (secondary N) is 1. The lowest BCUT2D eigenvalue weighted by Crippen LogP contribution is -2.45. The predicted molar refractivity (Wildman–Crippen MR) is 91.0 cm³/mol. The van der Waals surface area contributed by atoms with Crippen LogP contribution in [0.3, 0.4) is 0 Å². The van der Waals surface area contributed by atoms with E-state index in [-0.39, 0.29) is 18.5 Å². The Kier molecular flexibility index (Phi) is 4.41. The molecule has 1 atom stereocenters. The zero-order chi connectivity index (χ0) is 18.2. The summed E-state index contributed by atoms with van der Waals surface area (Å²) in [5.41, 5.74) is -0.680. The van der Waals surface area contributed by atoms with Gasteiger partial charge in [0.1, 0.15) is 17.8 Å². The molecule has 0 bridgehead atoms. The van der Waals surface area contributed by atoms with E-state index in [0.29, 0.717) is 17.9 Å². The highest BCUT2D eigenvalue weighted by atomic mass is 16.5. The second-order valence-corrected chi connectivity index (χ2v) is 6.56. The van der Waals surface area contributed by atoms with E-state index in [4.69, 9.17) is 4.74 Å². The van der Waals surface area contributed by atoms with Gasteiger partial charge in [0.05, 0.1) is 7.11 Å². The van der Waals surface area contributed by atoms with Crippen molar-refractivity contribution >= 4 is 17.8 Å². The fraction of sp³-hybridized carbons (Fsp3) is 0.500. The van der Waals surface area contributed by atoms with Gasteiger partial charge in [0.15, 0.2) is 0 Å². The molecule has 134 valence electrons. The van der Waals surface area contributed by atoms with Crippen LogP contribution < -0.4 is 10.1 Å². The molecule has 2 aliphatic rings. The number of benzene rings is 1. The Morgan fingerprint density at radius 2 is 2.04 bits per heavy atom. The molecule has 4 amide bonds. The maximum absolute atomic E-state index is 13.0. The first-order valence-electron chi connectivity index (χ1n) is 8.49. The molecule has 2 fully saturated rings. The van der Waals surface area contributed by atoms with Crippen LogP contribution in [0.1, 0.15) is 32.3 Å². The molecule has 7 heteroatoms. The van der Waals surface area contributed by atoms with Crippen molar-refractivity contribution in [2.24, 2.45) is 0 Å². The van der Waals surface area contributed by atoms with Crippen molar-refractivity contribution in [1.82, 2.24) is 15.1 Å². The van der Waals surface area contributed by atoms with Crippen molar-refractivity contribution in [1.29, 1.82) is 0 Å². The highest BCUT2D eigenvalue weighted by Gasteiger charge is 2.51. The van der Waals surface area contributed by atoms with E-state index in [1.807, 2.05) is 6.92 Å². The van der Waals surface area contributed by atoms with Crippen LogP contribution in [0.2, 0.25) is 0 Å². The number of para-hydroxylation sites is 1. The van der Waals surface area contributed by atoms with Crippen LogP contribution in [-0.4, -0.2) is 53.9 Å². The second-order valence-electron chi connectivity index (χ2n) is 6.56. The average molecular weight is 345 g/mol. The minimum absolute atomic E-state index is 0.197. The van der Waals surface area contributed by atoms with Crippen LogP contribution in [0.15, 0.2) is 24.3 Å². The number of urea groups is 1. The Balaban J connectivity index is 1.83. The smallest absolute Gasteiger partial charge is 0.325 e. The van der Waals surface area contributed by atoms with Gasteiger partial charge in [0.25, 0.3) is 5.91 Å². The normalized spacial score (nSPS) is 22.8. The van der Waals surface area contributed by atoms with Gasteiger partial charge in [0.2, 0.25) is 5.91 Å². The SMILES string of the molecule is CCN(C(=O)CN1C(=O)NC(C)(c2ccccc2OC)C1=O)C1CC1. The number of hydrogen-bond donors (Lipinski definition) is 1. The van der Waals surface area contributed by atoms with Gasteiger partial charge >= 0.3 is 6.03 Å². The number of methoxy groups -OCH3 is 1. The van der Waals surface area contributed by atoms with E-state index < -0.39 is 17.5 Å². The molecule has 0 radical (unpaired) electrons. The van der Waals surface area contributed by atoms with E-state index in [9.17, 15) is 14.4 Å². The van der Waals surface area contributed by atoms with Gasteiger partial charge in [-0.3, -0.25) is 14.5 Å². The quantitative estimate of drug-likeness (QED) is 0.792. The number of carbonyl (C=O) groups is 3. The van der Waals surface area contributed by atoms with Gasteiger partial charge in [-0.2, -0.15) is 0 Å². The molecule has 1 unspecified atom stereocenters. The number of ether oxygens (including phenoxy) is 1. The van der Waals surface area contributed by atoms with Crippen molar-refractivity contribution in [2.45, 2.75) is 38.3 Å². The Hall–Kier alpha value is -2.57. The van der Waals surface area contributed by atoms with Crippen molar-refractivity contribution in [3.63, 3.8) is 0 Å². The summed E-state index contributed by atoms with van der Waals surface area (Å²) >= 11 is 0. The molecule has 0 spiro atoms. The lowest BCUT2D eigenvalue weighted by molar-refractivity contribution is -0.139. The van der Waals surface area contributed by atoms with Gasteiger partial charge in [-0.05, 0) is 32.8 Å². The molecular weight excluding hydrogens is 322 g/mol. The van der Waals surface area contributed by atoms with Gasteiger partial charge in [-0.25, -0.2) is 4.79 Å². The molecule has 25 heavy (non-hydrogen) atoms. The minimum Gasteiger partial charge on any atom is -0.496 e. The van der Waals surface area contributed by atoms with Crippen LogP contribution in [0.4, 0.5) is 4.79 Å². The molecule has 1 saturated heterocycles. The first-order valence-corrected chi connectivity index (χ1v) is 8.49. The number of hydrogen-bond acceptors (Lipinski definition) is 4. The number of likely N-dealkylation sites (N-methyl/N-ethyl adjacent to an activating group) is 1. The lowest BCUT2D eigenvalue weighted by Gasteiger charge is -2.25. The Morgan fingerprint density at radius 1 is 1.36 bits per heavy atom. The molecule has 1 aliphatic carbocycles. The largest absolute Gasteiger partial charge is 0.496 e. The highest BCUT2D eigenvalue weighted by Crippen LogP contribution is 2.35. The first kappa shape index (κ1) is 17.3. The maximum Gasteiger partial charge on any atom is 0.325 e. The third kappa shape index (κ3) is 2.94. The van der Waals surface area contributed by atoms with Crippen LogP contribution in [-0.2, 0) is 15.1 Å². The van der Waals surface area contributed by atoms with Crippen molar-refractivity contribution in [3.8, 4) is 5.75 Å². The number of rotatable bonds is 6. The molecule has 1 aromatic carbocycles. The number of imide groups is 1. The molecule has 1 aliphatic heterocycles. The summed E-state index contributed by atoms with van der Waals surface area (Å²) in [6, 6.07) is 6.74. The predicted octanol–water partition coefficient (Wildman–Crippen LogP) is 1.47. The van der Waals surface area contributed by atoms with E-state index in [2.05, 4.69) is 5.32 Å². The highest BCUT2D eigenvalue weighted by molar-refractivity contribution is 6.09. The zero-order valence-corrected chi connectivity index (χ0v) is 14.7. The second kappa shape index (κ2) is 6.38. The summed E-state index contributed by atoms with van der Waals surface area (Å²) in [4.78, 5) is 40.6. The summed E-state index contributed by atoms with van der Waals surface area (Å²) in [6.45, 7) is 3.88. The standard InChI is InChI=1S/C18H23N3O4/c1-4-20(12-9-10-12)15(22)11-21-16(23)18(2,19-17(21)24)13-7-5-6-8-14(13)25-3/h5-8,12H,4,9-11H2,1-3H3,(H,19,24). The van der Waals surface area contributed by atoms with E-state index >= 15 is 0 Å². The summed E-state index contributed by atoms with van der Waals surface area (Å²) in [5, 5.41) is 2.71. The topological polar surface area (TPSA) is 79.0 Å². The molecule has 1 N–H and O–H groups in total. The zero-order valence-electron chi connectivity index (χ0n) is 14.7. The molecule has 1 saturated carbocycles. The van der Waals surface area contributed by atoms with Crippen LogP contribution >= 0.6 is 0 Å². The molecule has 1 aromatic rings. The van der Waals surface area contributed by atoms with Gasteiger partial charge in [-0.15, -0.1) is 0 Å². The summed E-state index contributed by atoms with van der Waals surface area (Å²) in [6.07, 6.45) is 1.97. The van der Waals surface area contributed by atoms with Crippen LogP contribution in [0, 0.1) is 0 Å². The molecule has 0 aromatic heterocycles. The van der Waals surface area contributed by atoms with E-state index in [1.165, 1.54) is 7.11 Å². The summed E-state index contributed by atoms with van der Waals surface area (Å²) in [5.74, 6) is -0.125. The minimum atomic E-state index is -1.25. The van der Waals surface area contributed by atoms with Crippen molar-refractivity contribution in [2.75, 3.05) is 20.2 Å². The number of amides is 4. The van der Waals surface area contributed by atoms with E-state index in [1.54, 1.807) is 36.1 Å². The maximum atomic E-state index is 13.0. The van der Waals surface area contributed by atoms with Crippen molar-refractivity contribution < 1.29 is 19.1 Å². The fourth-order valence-electron chi connectivity index (χ4n) is 3.33. The van der Waals surface area contributed by atoms with Gasteiger partial charge in [-0.1, -0.05) is 18.2 Å². The lowest BCUT2D eigenvalue weighted by atomic mass is 9.91. The third-order valence-electron chi connectivity index (χ3n) is 4.86. The Morgan fingerprint density at radius 3 is 2.64 bits per heavy atom. The summed E-state index contributed by atoms with van der Waals surface area (Å²) in [7, 11) is 1.51. The fourth-order valence-corrected chi connectivity index (χ4v) is 3.33. The van der Waals surface area contributed by atoms with Crippen LogP contribution in [0.25, 0.3) is 0 Å². The molecule has 1 heterocycles. The monoisotopic (exact) mass is 345 g/mol. The van der Waals surface area contributed by atoms with Crippen molar-refractivity contribution in [3.05, 3.63) is 29.8 Å². The summed E-state index contributed by atoms with van der Waals surface area (Å²) < 4.78 is 5.32. The van der Waals surface area contributed by atoms with Gasteiger partial charge < -0.3 is 15.0 Å². The molecule has 3 rings (SSSR count).